The van der Waals surface area contributed by atoms with Gasteiger partial charge in [-0.05, 0) is 103 Å². The van der Waals surface area contributed by atoms with Gasteiger partial charge in [-0.25, -0.2) is 4.79 Å². The average Bonchev–Trinajstić information content (AvgIpc) is 3.23. The number of carbonyl (C=O) groups is 1. The Kier molecular flexibility index (Phi) is 7.93. The second-order valence-electron chi connectivity index (χ2n) is 14.3. The zero-order valence-corrected chi connectivity index (χ0v) is 27.0. The molecule has 0 unspecified atom stereocenters. The number of para-hydroxylation sites is 1. The van der Waals surface area contributed by atoms with Gasteiger partial charge in [0, 0.05) is 0 Å². The second-order valence-corrected chi connectivity index (χ2v) is 20.2. The fourth-order valence-electron chi connectivity index (χ4n) is 7.57. The fraction of sp³-hybridized carbons (Fsp3) is 0.618. The van der Waals surface area contributed by atoms with Gasteiger partial charge in [0.1, 0.15) is 5.75 Å². The molecule has 0 amide bonds. The summed E-state index contributed by atoms with van der Waals surface area (Å²) in [5.74, 6) is 1.78. The molecule has 39 heavy (non-hydrogen) atoms. The number of benzene rings is 1. The molecule has 0 saturated heterocycles. The number of carbonyl (C=O) groups excluding carboxylic acids is 1. The summed E-state index contributed by atoms with van der Waals surface area (Å²) < 4.78 is 12.5. The first-order chi connectivity index (χ1) is 18.3. The number of ether oxygens (including phenoxy) is 1. The summed E-state index contributed by atoms with van der Waals surface area (Å²) >= 11 is 1.33. The standard InChI is InChI=1S/C34H48O3SSi/c1-32(2,3)39(6,7)36-23-30(38-31(35)37-25-14-9-8-10-15-25)29-19-18-27-26-17-16-24-13-11-12-21-33(24,4)28(26)20-22-34(27,29)5/h8-10,14-17,19,27-28,30H,11-13,18,20-23H2,1-7H3/t27-,28-,30+,33-,34-/m0/s1. The molecule has 0 bridgehead atoms. The van der Waals surface area contributed by atoms with Crippen molar-refractivity contribution in [3.05, 3.63) is 65.3 Å². The lowest BCUT2D eigenvalue weighted by Gasteiger charge is -2.54. The molecule has 2 saturated carbocycles. The molecular weight excluding hydrogens is 517 g/mol. The van der Waals surface area contributed by atoms with Crippen molar-refractivity contribution in [2.45, 2.75) is 103 Å². The SMILES string of the molecule is CC(C)(C)[Si](C)(C)OC[C@@H](SC(=O)Oc1ccccc1)C1=CC[C@H]2C3=CC=C4CCCC[C@]4(C)[C@H]3CC[C@]12C. The van der Waals surface area contributed by atoms with Crippen LogP contribution >= 0.6 is 11.8 Å². The summed E-state index contributed by atoms with van der Waals surface area (Å²) in [7, 11) is -1.98. The van der Waals surface area contributed by atoms with Crippen molar-refractivity contribution in [3.8, 4) is 5.75 Å². The second kappa shape index (κ2) is 10.7. The lowest BCUT2D eigenvalue weighted by Crippen LogP contribution is -2.46. The first-order valence-corrected chi connectivity index (χ1v) is 18.8. The minimum Gasteiger partial charge on any atom is -0.418 e. The van der Waals surface area contributed by atoms with Crippen LogP contribution in [0, 0.1) is 22.7 Å². The van der Waals surface area contributed by atoms with E-state index in [0.717, 1.165) is 6.42 Å². The van der Waals surface area contributed by atoms with E-state index in [4.69, 9.17) is 9.16 Å². The molecule has 0 radical (unpaired) electrons. The van der Waals surface area contributed by atoms with Gasteiger partial charge in [0.05, 0.1) is 11.9 Å². The molecular formula is C34H48O3SSi. The van der Waals surface area contributed by atoms with Crippen molar-refractivity contribution in [1.29, 1.82) is 0 Å². The van der Waals surface area contributed by atoms with Crippen LogP contribution in [0.15, 0.2) is 65.3 Å². The van der Waals surface area contributed by atoms with Crippen LogP contribution in [0.2, 0.25) is 18.1 Å². The lowest BCUT2D eigenvalue weighted by atomic mass is 9.50. The van der Waals surface area contributed by atoms with Crippen LogP contribution in [-0.4, -0.2) is 25.5 Å². The first-order valence-electron chi connectivity index (χ1n) is 15.0. The Labute approximate surface area is 242 Å². The summed E-state index contributed by atoms with van der Waals surface area (Å²) in [6.07, 6.45) is 16.2. The van der Waals surface area contributed by atoms with Crippen LogP contribution in [0.5, 0.6) is 5.75 Å². The van der Waals surface area contributed by atoms with Gasteiger partial charge in [-0.1, -0.05) is 94.2 Å². The number of hydrogen-bond donors (Lipinski definition) is 0. The van der Waals surface area contributed by atoms with Crippen LogP contribution in [-0.2, 0) is 4.43 Å². The minimum absolute atomic E-state index is 0.0394. The van der Waals surface area contributed by atoms with E-state index in [2.05, 4.69) is 65.9 Å². The molecule has 0 heterocycles. The Morgan fingerprint density at radius 2 is 1.79 bits per heavy atom. The van der Waals surface area contributed by atoms with Crippen LogP contribution < -0.4 is 4.74 Å². The minimum atomic E-state index is -1.98. The van der Waals surface area contributed by atoms with Crippen LogP contribution in [0.1, 0.15) is 79.6 Å². The highest BCUT2D eigenvalue weighted by molar-refractivity contribution is 8.14. The Morgan fingerprint density at radius 3 is 2.51 bits per heavy atom. The van der Waals surface area contributed by atoms with Crippen LogP contribution in [0.4, 0.5) is 4.79 Å². The summed E-state index contributed by atoms with van der Waals surface area (Å²) in [6.45, 7) is 17.0. The summed E-state index contributed by atoms with van der Waals surface area (Å²) in [5.41, 5.74) is 5.16. The van der Waals surface area contributed by atoms with Gasteiger partial charge in [0.25, 0.3) is 0 Å². The normalized spacial score (nSPS) is 31.2. The molecule has 5 rings (SSSR count). The average molecular weight is 565 g/mol. The van der Waals surface area contributed by atoms with Crippen LogP contribution in [0.25, 0.3) is 0 Å². The fourth-order valence-corrected chi connectivity index (χ4v) is 9.71. The third-order valence-electron chi connectivity index (χ3n) is 11.1. The molecule has 5 atom stereocenters. The van der Waals surface area contributed by atoms with Crippen molar-refractivity contribution >= 4 is 25.4 Å². The molecule has 0 aromatic heterocycles. The van der Waals surface area contributed by atoms with E-state index < -0.39 is 8.32 Å². The van der Waals surface area contributed by atoms with E-state index in [-0.39, 0.29) is 21.0 Å². The van der Waals surface area contributed by atoms with Gasteiger partial charge in [-0.15, -0.1) is 0 Å². The predicted molar refractivity (Wildman–Crippen MR) is 167 cm³/mol. The van der Waals surface area contributed by atoms with Crippen molar-refractivity contribution in [2.24, 2.45) is 22.7 Å². The summed E-state index contributed by atoms with van der Waals surface area (Å²) in [5, 5.41) is -0.165. The van der Waals surface area contributed by atoms with Crippen molar-refractivity contribution < 1.29 is 14.0 Å². The molecule has 1 aromatic carbocycles. The third kappa shape index (κ3) is 5.40. The molecule has 5 heteroatoms. The van der Waals surface area contributed by atoms with Gasteiger partial charge in [0.15, 0.2) is 8.32 Å². The van der Waals surface area contributed by atoms with Gasteiger partial charge in [-0.2, -0.15) is 0 Å². The van der Waals surface area contributed by atoms with Gasteiger partial charge >= 0.3 is 5.30 Å². The largest absolute Gasteiger partial charge is 0.418 e. The molecule has 1 aromatic rings. The highest BCUT2D eigenvalue weighted by Crippen LogP contribution is 2.64. The molecule has 212 valence electrons. The van der Waals surface area contributed by atoms with Crippen LogP contribution in [0.3, 0.4) is 0 Å². The molecule has 0 aliphatic heterocycles. The maximum absolute atomic E-state index is 13.2. The predicted octanol–water partition coefficient (Wildman–Crippen LogP) is 10.1. The molecule has 0 N–H and O–H groups in total. The monoisotopic (exact) mass is 564 g/mol. The summed E-state index contributed by atoms with van der Waals surface area (Å²) in [4.78, 5) is 13.2. The molecule has 4 aliphatic carbocycles. The maximum Gasteiger partial charge on any atom is 0.373 e. The number of thioether (sulfide) groups is 1. The van der Waals surface area contributed by atoms with Crippen molar-refractivity contribution in [3.63, 3.8) is 0 Å². The molecule has 4 aliphatic rings. The third-order valence-corrected chi connectivity index (χ3v) is 16.5. The Bertz CT molecular complexity index is 1180. The lowest BCUT2D eigenvalue weighted by molar-refractivity contribution is 0.109. The first kappa shape index (κ1) is 28.9. The van der Waals surface area contributed by atoms with Crippen molar-refractivity contribution in [1.82, 2.24) is 0 Å². The van der Waals surface area contributed by atoms with Gasteiger partial charge in [-0.3, -0.25) is 0 Å². The highest BCUT2D eigenvalue weighted by Gasteiger charge is 2.55. The molecule has 2 fully saturated rings. The van der Waals surface area contributed by atoms with Gasteiger partial charge in [0.2, 0.25) is 0 Å². The quantitative estimate of drug-likeness (QED) is 0.196. The zero-order chi connectivity index (χ0) is 28.1. The van der Waals surface area contributed by atoms with E-state index in [9.17, 15) is 4.79 Å². The number of fused-ring (bicyclic) bond motifs is 5. The van der Waals surface area contributed by atoms with E-state index in [1.807, 2.05) is 30.3 Å². The van der Waals surface area contributed by atoms with E-state index in [0.29, 0.717) is 29.6 Å². The Morgan fingerprint density at radius 1 is 1.05 bits per heavy atom. The number of allylic oxidation sites excluding steroid dienone is 5. The zero-order valence-electron chi connectivity index (χ0n) is 25.1. The Hall–Kier alpha value is -1.56. The Balaban J connectivity index is 1.40. The highest BCUT2D eigenvalue weighted by atomic mass is 32.2. The van der Waals surface area contributed by atoms with E-state index >= 15 is 0 Å². The van der Waals surface area contributed by atoms with E-state index in [1.165, 1.54) is 55.9 Å². The number of hydrogen-bond acceptors (Lipinski definition) is 4. The van der Waals surface area contributed by atoms with Crippen molar-refractivity contribution in [2.75, 3.05) is 6.61 Å². The topological polar surface area (TPSA) is 35.5 Å². The smallest absolute Gasteiger partial charge is 0.373 e. The maximum atomic E-state index is 13.2. The van der Waals surface area contributed by atoms with E-state index in [1.54, 1.807) is 11.1 Å². The molecule has 0 spiro atoms. The van der Waals surface area contributed by atoms with Gasteiger partial charge < -0.3 is 9.16 Å². The summed E-state index contributed by atoms with van der Waals surface area (Å²) in [6, 6.07) is 9.43. The number of rotatable bonds is 6. The molecule has 3 nitrogen and oxygen atoms in total.